The molecular formula is C11H16N2S. The van der Waals surface area contributed by atoms with E-state index in [2.05, 4.69) is 53.7 Å². The number of hydrogen-bond donors (Lipinski definition) is 1. The molecule has 0 radical (unpaired) electrons. The molecule has 0 aliphatic carbocycles. The topological polar surface area (TPSA) is 6.48 Å². The molecule has 0 atom stereocenters. The van der Waals surface area contributed by atoms with Crippen LogP contribution in [0.2, 0.25) is 0 Å². The highest BCUT2D eigenvalue weighted by Crippen LogP contribution is 2.18. The van der Waals surface area contributed by atoms with Gasteiger partial charge in [-0.1, -0.05) is 0 Å². The first kappa shape index (κ1) is 9.87. The van der Waals surface area contributed by atoms with E-state index in [1.54, 1.807) is 0 Å². The summed E-state index contributed by atoms with van der Waals surface area (Å²) in [5.74, 6) is 0. The van der Waals surface area contributed by atoms with Gasteiger partial charge in [-0.3, -0.25) is 0 Å². The molecule has 0 N–H and O–H groups in total. The highest BCUT2D eigenvalue weighted by atomic mass is 32.1. The summed E-state index contributed by atoms with van der Waals surface area (Å²) < 4.78 is 0. The van der Waals surface area contributed by atoms with Crippen molar-refractivity contribution >= 4 is 18.3 Å². The van der Waals surface area contributed by atoms with Crippen molar-refractivity contribution in [3.63, 3.8) is 0 Å². The second-order valence-electron chi connectivity index (χ2n) is 3.81. The van der Waals surface area contributed by atoms with Gasteiger partial charge in [-0.15, -0.1) is 12.6 Å². The number of thiol groups is 1. The van der Waals surface area contributed by atoms with Crippen LogP contribution in [-0.2, 0) is 0 Å². The lowest BCUT2D eigenvalue weighted by molar-refractivity contribution is 0.313. The zero-order valence-corrected chi connectivity index (χ0v) is 9.37. The Bertz CT molecular complexity index is 289. The molecule has 0 unspecified atom stereocenters. The molecule has 1 aliphatic heterocycles. The predicted octanol–water partition coefficient (Wildman–Crippen LogP) is 1.73. The van der Waals surface area contributed by atoms with Crippen molar-refractivity contribution in [3.05, 3.63) is 24.3 Å². The number of likely N-dealkylation sites (N-methyl/N-ethyl adjacent to an activating group) is 1. The Balaban J connectivity index is 2.05. The fourth-order valence-electron chi connectivity index (χ4n) is 1.73. The molecule has 2 nitrogen and oxygen atoms in total. The zero-order valence-electron chi connectivity index (χ0n) is 8.48. The minimum Gasteiger partial charge on any atom is -0.369 e. The predicted molar refractivity (Wildman–Crippen MR) is 63.4 cm³/mol. The summed E-state index contributed by atoms with van der Waals surface area (Å²) >= 11 is 4.28. The molecule has 3 heteroatoms. The molecule has 1 heterocycles. The Morgan fingerprint density at radius 1 is 1.00 bits per heavy atom. The van der Waals surface area contributed by atoms with E-state index in [9.17, 15) is 0 Å². The normalized spacial score (nSPS) is 18.6. The summed E-state index contributed by atoms with van der Waals surface area (Å²) in [5, 5.41) is 0. The van der Waals surface area contributed by atoms with Crippen LogP contribution in [0.15, 0.2) is 29.2 Å². The third-order valence-corrected chi connectivity index (χ3v) is 3.02. The lowest BCUT2D eigenvalue weighted by Gasteiger charge is -2.34. The van der Waals surface area contributed by atoms with Crippen molar-refractivity contribution in [2.45, 2.75) is 4.90 Å². The van der Waals surface area contributed by atoms with Crippen molar-refractivity contribution in [2.24, 2.45) is 0 Å². The van der Waals surface area contributed by atoms with Crippen molar-refractivity contribution in [1.29, 1.82) is 0 Å². The van der Waals surface area contributed by atoms with E-state index in [0.717, 1.165) is 31.1 Å². The smallest absolute Gasteiger partial charge is 0.0367 e. The van der Waals surface area contributed by atoms with Gasteiger partial charge in [0.25, 0.3) is 0 Å². The van der Waals surface area contributed by atoms with Gasteiger partial charge in [-0.2, -0.15) is 0 Å². The molecule has 0 spiro atoms. The first-order valence-corrected chi connectivity index (χ1v) is 5.43. The highest BCUT2D eigenvalue weighted by Gasteiger charge is 2.13. The van der Waals surface area contributed by atoms with Gasteiger partial charge < -0.3 is 9.80 Å². The van der Waals surface area contributed by atoms with Crippen LogP contribution < -0.4 is 4.90 Å². The van der Waals surface area contributed by atoms with E-state index in [1.807, 2.05) is 0 Å². The van der Waals surface area contributed by atoms with Crippen molar-refractivity contribution in [2.75, 3.05) is 38.1 Å². The molecule has 0 saturated carbocycles. The number of anilines is 1. The van der Waals surface area contributed by atoms with Gasteiger partial charge in [0.15, 0.2) is 0 Å². The van der Waals surface area contributed by atoms with Crippen molar-refractivity contribution in [1.82, 2.24) is 4.90 Å². The molecule has 76 valence electrons. The molecule has 1 aromatic rings. The molecule has 1 fully saturated rings. The molecular weight excluding hydrogens is 192 g/mol. The van der Waals surface area contributed by atoms with Crippen LogP contribution in [0.25, 0.3) is 0 Å². The quantitative estimate of drug-likeness (QED) is 0.702. The lowest BCUT2D eigenvalue weighted by atomic mass is 10.2. The molecule has 1 saturated heterocycles. The van der Waals surface area contributed by atoms with Gasteiger partial charge >= 0.3 is 0 Å². The number of piperazine rings is 1. The zero-order chi connectivity index (χ0) is 9.97. The third-order valence-electron chi connectivity index (χ3n) is 2.72. The summed E-state index contributed by atoms with van der Waals surface area (Å²) in [5.41, 5.74) is 1.32. The monoisotopic (exact) mass is 208 g/mol. The molecule has 0 aromatic heterocycles. The summed E-state index contributed by atoms with van der Waals surface area (Å²) in [6.07, 6.45) is 0. The molecule has 14 heavy (non-hydrogen) atoms. The third kappa shape index (κ3) is 2.22. The maximum atomic E-state index is 4.28. The van der Waals surface area contributed by atoms with Crippen LogP contribution >= 0.6 is 12.6 Å². The van der Waals surface area contributed by atoms with Gasteiger partial charge in [0.1, 0.15) is 0 Å². The number of rotatable bonds is 1. The summed E-state index contributed by atoms with van der Waals surface area (Å²) in [7, 11) is 2.17. The minimum atomic E-state index is 1.03. The molecule has 2 rings (SSSR count). The van der Waals surface area contributed by atoms with Crippen LogP contribution in [0.5, 0.6) is 0 Å². The van der Waals surface area contributed by atoms with Crippen LogP contribution in [0.3, 0.4) is 0 Å². The fourth-order valence-corrected chi connectivity index (χ4v) is 1.88. The van der Waals surface area contributed by atoms with Crippen molar-refractivity contribution in [3.8, 4) is 0 Å². The molecule has 1 aromatic carbocycles. The lowest BCUT2D eigenvalue weighted by Crippen LogP contribution is -2.44. The molecule has 0 bridgehead atoms. The van der Waals surface area contributed by atoms with E-state index >= 15 is 0 Å². The Hall–Kier alpha value is -0.670. The van der Waals surface area contributed by atoms with Crippen LogP contribution in [0, 0.1) is 0 Å². The second kappa shape index (κ2) is 4.24. The second-order valence-corrected chi connectivity index (χ2v) is 4.32. The van der Waals surface area contributed by atoms with Crippen LogP contribution in [0.4, 0.5) is 5.69 Å². The van der Waals surface area contributed by atoms with Gasteiger partial charge in [0.05, 0.1) is 0 Å². The molecule has 0 amide bonds. The number of nitrogens with zero attached hydrogens (tertiary/aromatic N) is 2. The largest absolute Gasteiger partial charge is 0.369 e. The Morgan fingerprint density at radius 2 is 1.57 bits per heavy atom. The van der Waals surface area contributed by atoms with E-state index in [-0.39, 0.29) is 0 Å². The SMILES string of the molecule is CN1CCN(c2ccc(S)cc2)CC1. The number of hydrogen-bond acceptors (Lipinski definition) is 3. The first-order valence-electron chi connectivity index (χ1n) is 4.98. The van der Waals surface area contributed by atoms with Crippen molar-refractivity contribution < 1.29 is 0 Å². The Kier molecular flexibility index (Phi) is 2.99. The maximum absolute atomic E-state index is 4.28. The van der Waals surface area contributed by atoms with Crippen LogP contribution in [0.1, 0.15) is 0 Å². The average Bonchev–Trinajstić information content (AvgIpc) is 2.21. The van der Waals surface area contributed by atoms with E-state index < -0.39 is 0 Å². The van der Waals surface area contributed by atoms with Gasteiger partial charge in [-0.25, -0.2) is 0 Å². The summed E-state index contributed by atoms with van der Waals surface area (Å²) in [6.45, 7) is 4.57. The maximum Gasteiger partial charge on any atom is 0.0367 e. The molecule has 1 aliphatic rings. The minimum absolute atomic E-state index is 1.03. The van der Waals surface area contributed by atoms with E-state index in [1.165, 1.54) is 5.69 Å². The Morgan fingerprint density at radius 3 is 2.14 bits per heavy atom. The summed E-state index contributed by atoms with van der Waals surface area (Å²) in [6, 6.07) is 8.40. The van der Waals surface area contributed by atoms with E-state index in [4.69, 9.17) is 0 Å². The number of benzene rings is 1. The highest BCUT2D eigenvalue weighted by molar-refractivity contribution is 7.80. The Labute approximate surface area is 90.9 Å². The van der Waals surface area contributed by atoms with E-state index in [0.29, 0.717) is 0 Å². The van der Waals surface area contributed by atoms with Gasteiger partial charge in [0, 0.05) is 36.8 Å². The van der Waals surface area contributed by atoms with Gasteiger partial charge in [0.2, 0.25) is 0 Å². The average molecular weight is 208 g/mol. The van der Waals surface area contributed by atoms with Crippen LogP contribution in [-0.4, -0.2) is 38.1 Å². The standard InChI is InChI=1S/C11H16N2S/c1-12-6-8-13(9-7-12)10-2-4-11(14)5-3-10/h2-5,14H,6-9H2,1H3. The van der Waals surface area contributed by atoms with Gasteiger partial charge in [-0.05, 0) is 31.3 Å². The first-order chi connectivity index (χ1) is 6.75. The fraction of sp³-hybridized carbons (Fsp3) is 0.455. The summed E-state index contributed by atoms with van der Waals surface area (Å²) in [4.78, 5) is 5.82.